The van der Waals surface area contributed by atoms with E-state index in [0.29, 0.717) is 28.8 Å². The van der Waals surface area contributed by atoms with E-state index in [-0.39, 0.29) is 5.91 Å². The number of hydrogen-bond acceptors (Lipinski definition) is 3. The van der Waals surface area contributed by atoms with Gasteiger partial charge in [0, 0.05) is 51.7 Å². The third-order valence-corrected chi connectivity index (χ3v) is 7.77. The largest absolute Gasteiger partial charge is 0.350 e. The van der Waals surface area contributed by atoms with Crippen LogP contribution in [0, 0.1) is 0 Å². The maximum atomic E-state index is 13.7. The van der Waals surface area contributed by atoms with Crippen LogP contribution in [-0.2, 0) is 6.54 Å². The van der Waals surface area contributed by atoms with Crippen molar-refractivity contribution < 1.29 is 4.79 Å². The Balaban J connectivity index is 1.47. The van der Waals surface area contributed by atoms with Crippen LogP contribution in [0.15, 0.2) is 79.1 Å². The predicted octanol–water partition coefficient (Wildman–Crippen LogP) is 6.88. The maximum Gasteiger partial charge on any atom is 0.268 e. The first-order chi connectivity index (χ1) is 19.1. The predicted molar refractivity (Wildman–Crippen MR) is 159 cm³/mol. The molecule has 3 heterocycles. The minimum atomic E-state index is -0.144. The number of aromatic nitrogens is 3. The first-order valence-electron chi connectivity index (χ1n) is 13.2. The quantitative estimate of drug-likeness (QED) is 0.218. The van der Waals surface area contributed by atoms with Crippen LogP contribution in [0.3, 0.4) is 0 Å². The molecule has 0 spiro atoms. The number of imidazole rings is 1. The number of amides is 1. The average molecular weight is 559 g/mol. The molecule has 1 aliphatic rings. The van der Waals surface area contributed by atoms with Crippen LogP contribution in [0.2, 0.25) is 10.0 Å². The highest BCUT2D eigenvalue weighted by Gasteiger charge is 2.26. The summed E-state index contributed by atoms with van der Waals surface area (Å²) in [6.45, 7) is 4.19. The number of halogens is 2. The number of likely N-dealkylation sites (tertiary alicyclic amines) is 1. The van der Waals surface area contributed by atoms with Crippen LogP contribution in [0.1, 0.15) is 28.9 Å². The molecule has 0 saturated carbocycles. The Bertz CT molecular complexity index is 1600. The molecule has 0 aliphatic carbocycles. The number of aromatic amines is 1. The van der Waals surface area contributed by atoms with Gasteiger partial charge < -0.3 is 19.8 Å². The first kappa shape index (κ1) is 25.7. The molecule has 198 valence electrons. The summed E-state index contributed by atoms with van der Waals surface area (Å²) < 4.78 is 2.10. The SMILES string of the molecule is O=C(NCCN1CCCC1)c1[nH]c2cc(Cl)ccc2c1-c1c(-c2ccccc2)ncn1Cc1ccc(Cl)cc1. The molecule has 2 N–H and O–H groups in total. The van der Waals surface area contributed by atoms with Gasteiger partial charge in [0.2, 0.25) is 0 Å². The summed E-state index contributed by atoms with van der Waals surface area (Å²) in [7, 11) is 0. The second-order valence-corrected chi connectivity index (χ2v) is 10.8. The molecule has 0 radical (unpaired) electrons. The van der Waals surface area contributed by atoms with Gasteiger partial charge in [-0.25, -0.2) is 4.98 Å². The minimum Gasteiger partial charge on any atom is -0.350 e. The maximum absolute atomic E-state index is 13.7. The number of hydrogen-bond donors (Lipinski definition) is 2. The van der Waals surface area contributed by atoms with Crippen LogP contribution in [0.5, 0.6) is 0 Å². The molecule has 1 amide bonds. The molecule has 8 heteroatoms. The van der Waals surface area contributed by atoms with Crippen molar-refractivity contribution >= 4 is 40.0 Å². The summed E-state index contributed by atoms with van der Waals surface area (Å²) in [6, 6.07) is 23.6. The topological polar surface area (TPSA) is 66.0 Å². The van der Waals surface area contributed by atoms with E-state index in [4.69, 9.17) is 28.2 Å². The Hall–Kier alpha value is -3.58. The van der Waals surface area contributed by atoms with Crippen molar-refractivity contribution in [2.75, 3.05) is 26.2 Å². The highest BCUT2D eigenvalue weighted by Crippen LogP contribution is 2.39. The van der Waals surface area contributed by atoms with E-state index in [1.807, 2.05) is 79.1 Å². The van der Waals surface area contributed by atoms with E-state index in [1.54, 1.807) is 0 Å². The zero-order valence-electron chi connectivity index (χ0n) is 21.5. The van der Waals surface area contributed by atoms with Crippen molar-refractivity contribution in [3.05, 3.63) is 100 Å². The normalized spacial score (nSPS) is 13.8. The summed E-state index contributed by atoms with van der Waals surface area (Å²) in [4.78, 5) is 24.3. The van der Waals surface area contributed by atoms with E-state index in [2.05, 4.69) is 19.8 Å². The van der Waals surface area contributed by atoms with Crippen LogP contribution in [0.25, 0.3) is 33.4 Å². The molecule has 6 nitrogen and oxygen atoms in total. The number of nitrogens with one attached hydrogen (secondary N) is 2. The summed E-state index contributed by atoms with van der Waals surface area (Å²) >= 11 is 12.5. The Labute approximate surface area is 237 Å². The standard InChI is InChI=1S/C31H29Cl2N5O/c32-23-10-8-21(9-11-23)19-38-20-35-28(22-6-2-1-3-7-22)30(38)27-25-13-12-24(33)18-26(25)36-29(27)31(39)34-14-17-37-15-4-5-16-37/h1-3,6-13,18,20,36H,4-5,14-17,19H2,(H,34,39). The van der Waals surface area contributed by atoms with E-state index in [1.165, 1.54) is 12.8 Å². The molecule has 3 aromatic carbocycles. The highest BCUT2D eigenvalue weighted by atomic mass is 35.5. The minimum absolute atomic E-state index is 0.144. The lowest BCUT2D eigenvalue weighted by molar-refractivity contribution is 0.0946. The molecule has 0 unspecified atom stereocenters. The van der Waals surface area contributed by atoms with Crippen molar-refractivity contribution in [2.24, 2.45) is 0 Å². The average Bonchev–Trinajstić information content (AvgIpc) is 3.69. The molecular formula is C31H29Cl2N5O. The highest BCUT2D eigenvalue weighted by molar-refractivity contribution is 6.31. The molecule has 0 bridgehead atoms. The lowest BCUT2D eigenvalue weighted by Crippen LogP contribution is -2.33. The summed E-state index contributed by atoms with van der Waals surface area (Å²) in [6.07, 6.45) is 4.29. The molecule has 6 rings (SSSR count). The number of rotatable bonds is 8. The fraction of sp³-hybridized carbons (Fsp3) is 0.226. The van der Waals surface area contributed by atoms with Gasteiger partial charge in [-0.1, -0.05) is 71.7 Å². The second kappa shape index (κ2) is 11.3. The van der Waals surface area contributed by atoms with Crippen LogP contribution in [-0.4, -0.2) is 51.5 Å². The van der Waals surface area contributed by atoms with Crippen molar-refractivity contribution in [2.45, 2.75) is 19.4 Å². The number of H-pyrrole nitrogens is 1. The second-order valence-electron chi connectivity index (χ2n) is 9.93. The Kier molecular flexibility index (Phi) is 7.42. The van der Waals surface area contributed by atoms with Gasteiger partial charge in [-0.2, -0.15) is 0 Å². The van der Waals surface area contributed by atoms with Crippen LogP contribution in [0.4, 0.5) is 0 Å². The van der Waals surface area contributed by atoms with Crippen LogP contribution >= 0.6 is 23.2 Å². The van der Waals surface area contributed by atoms with E-state index in [0.717, 1.165) is 58.6 Å². The van der Waals surface area contributed by atoms with Crippen molar-refractivity contribution in [3.63, 3.8) is 0 Å². The Morgan fingerprint density at radius 3 is 2.46 bits per heavy atom. The van der Waals surface area contributed by atoms with E-state index in [9.17, 15) is 4.79 Å². The van der Waals surface area contributed by atoms with E-state index >= 15 is 0 Å². The van der Waals surface area contributed by atoms with Gasteiger partial charge in [0.15, 0.2) is 0 Å². The van der Waals surface area contributed by atoms with Crippen LogP contribution < -0.4 is 5.32 Å². The van der Waals surface area contributed by atoms with Crippen molar-refractivity contribution in [3.8, 4) is 22.5 Å². The van der Waals surface area contributed by atoms with Gasteiger partial charge >= 0.3 is 0 Å². The zero-order chi connectivity index (χ0) is 26.8. The Morgan fingerprint density at radius 2 is 1.69 bits per heavy atom. The van der Waals surface area contributed by atoms with Crippen molar-refractivity contribution in [1.82, 2.24) is 24.8 Å². The monoisotopic (exact) mass is 557 g/mol. The smallest absolute Gasteiger partial charge is 0.268 e. The van der Waals surface area contributed by atoms with Gasteiger partial charge in [-0.15, -0.1) is 0 Å². The number of benzene rings is 3. The van der Waals surface area contributed by atoms with Gasteiger partial charge in [-0.05, 0) is 55.8 Å². The molecule has 2 aromatic heterocycles. The van der Waals surface area contributed by atoms with Gasteiger partial charge in [0.1, 0.15) is 5.69 Å². The van der Waals surface area contributed by atoms with E-state index < -0.39 is 0 Å². The molecule has 1 saturated heterocycles. The third-order valence-electron chi connectivity index (χ3n) is 7.29. The molecule has 1 aliphatic heterocycles. The molecule has 0 atom stereocenters. The summed E-state index contributed by atoms with van der Waals surface area (Å²) in [5.41, 5.74) is 5.86. The first-order valence-corrected chi connectivity index (χ1v) is 14.0. The van der Waals surface area contributed by atoms with Gasteiger partial charge in [0.25, 0.3) is 5.91 Å². The Morgan fingerprint density at radius 1 is 0.949 bits per heavy atom. The van der Waals surface area contributed by atoms with Gasteiger partial charge in [0.05, 0.1) is 17.7 Å². The van der Waals surface area contributed by atoms with Crippen molar-refractivity contribution in [1.29, 1.82) is 0 Å². The molecule has 5 aromatic rings. The zero-order valence-corrected chi connectivity index (χ0v) is 23.0. The number of carbonyl (C=O) groups is 1. The van der Waals surface area contributed by atoms with Gasteiger partial charge in [-0.3, -0.25) is 4.79 Å². The lowest BCUT2D eigenvalue weighted by atomic mass is 10.0. The molecular weight excluding hydrogens is 529 g/mol. The number of nitrogens with zero attached hydrogens (tertiary/aromatic N) is 3. The fourth-order valence-electron chi connectivity index (χ4n) is 5.37. The lowest BCUT2D eigenvalue weighted by Gasteiger charge is -2.15. The number of carbonyl (C=O) groups excluding carboxylic acids is 1. The third kappa shape index (κ3) is 5.46. The molecule has 1 fully saturated rings. The summed E-state index contributed by atoms with van der Waals surface area (Å²) in [5, 5.41) is 5.36. The molecule has 39 heavy (non-hydrogen) atoms. The summed E-state index contributed by atoms with van der Waals surface area (Å²) in [5.74, 6) is -0.144. The fourth-order valence-corrected chi connectivity index (χ4v) is 5.66. The number of fused-ring (bicyclic) bond motifs is 1.